The average Bonchev–Trinajstić information content (AvgIpc) is 2.60. The molecule has 0 fully saturated rings. The van der Waals surface area contributed by atoms with Gasteiger partial charge in [0, 0.05) is 12.8 Å². The lowest BCUT2D eigenvalue weighted by Crippen LogP contribution is -2.37. The van der Waals surface area contributed by atoms with Gasteiger partial charge in [-0.25, -0.2) is 17.5 Å². The number of aromatic carboxylic acids is 1. The molecule has 0 aliphatic heterocycles. The van der Waals surface area contributed by atoms with Gasteiger partial charge in [0.1, 0.15) is 5.78 Å². The van der Waals surface area contributed by atoms with Crippen molar-refractivity contribution in [3.63, 3.8) is 0 Å². The third-order valence-electron chi connectivity index (χ3n) is 3.79. The van der Waals surface area contributed by atoms with E-state index in [0.29, 0.717) is 4.31 Å². The van der Waals surface area contributed by atoms with Gasteiger partial charge in [-0.2, -0.15) is 0 Å². The van der Waals surface area contributed by atoms with Gasteiger partial charge in [-0.15, -0.1) is 0 Å². The molecular weight excluding hydrogens is 370 g/mol. The van der Waals surface area contributed by atoms with Crippen LogP contribution >= 0.6 is 0 Å². The molecule has 142 valence electrons. The van der Waals surface area contributed by atoms with Gasteiger partial charge in [-0.05, 0) is 55.8 Å². The first kappa shape index (κ1) is 20.3. The van der Waals surface area contributed by atoms with E-state index in [4.69, 9.17) is 5.11 Å². The van der Waals surface area contributed by atoms with Gasteiger partial charge in [-0.3, -0.25) is 4.79 Å². The van der Waals surface area contributed by atoms with E-state index in [1.807, 2.05) is 0 Å². The summed E-state index contributed by atoms with van der Waals surface area (Å²) in [6.45, 7) is 3.08. The maximum Gasteiger partial charge on any atom is 0.335 e. The summed E-state index contributed by atoms with van der Waals surface area (Å²) in [5, 5.41) is 8.96. The zero-order valence-corrected chi connectivity index (χ0v) is 15.7. The van der Waals surface area contributed by atoms with Crippen molar-refractivity contribution in [3.8, 4) is 0 Å². The molecule has 0 saturated carbocycles. The second-order valence-corrected chi connectivity index (χ2v) is 7.82. The van der Waals surface area contributed by atoms with Gasteiger partial charge in [0.25, 0.3) is 10.0 Å². The number of anilines is 1. The smallest absolute Gasteiger partial charge is 0.335 e. The molecule has 0 radical (unpaired) electrons. The highest BCUT2D eigenvalue weighted by Crippen LogP contribution is 2.26. The summed E-state index contributed by atoms with van der Waals surface area (Å²) < 4.78 is 26.8. The van der Waals surface area contributed by atoms with E-state index in [0.717, 1.165) is 29.8 Å². The molecule has 0 atom stereocenters. The Morgan fingerprint density at radius 1 is 1.00 bits per heavy atom. The molecule has 0 unspecified atom stereocenters. The summed E-state index contributed by atoms with van der Waals surface area (Å²) in [5.41, 5.74) is 0.845. The summed E-state index contributed by atoms with van der Waals surface area (Å²) in [4.78, 5) is 34.6. The van der Waals surface area contributed by atoms with Crippen LogP contribution in [-0.2, 0) is 19.6 Å². The summed E-state index contributed by atoms with van der Waals surface area (Å²) in [6.07, 6.45) is -0.329. The second kappa shape index (κ2) is 8.13. The average molecular weight is 389 g/mol. The number of sulfonamides is 1. The van der Waals surface area contributed by atoms with Crippen LogP contribution in [0.4, 0.5) is 5.69 Å². The topological polar surface area (TPSA) is 109 Å². The predicted molar refractivity (Wildman–Crippen MR) is 99.2 cm³/mol. The Morgan fingerprint density at radius 3 is 2.15 bits per heavy atom. The number of amides is 1. The normalized spacial score (nSPS) is 11.0. The first-order valence-corrected chi connectivity index (χ1v) is 9.54. The van der Waals surface area contributed by atoms with Crippen molar-refractivity contribution < 1.29 is 27.9 Å². The number of ketones is 1. The van der Waals surface area contributed by atoms with Crippen molar-refractivity contribution in [2.24, 2.45) is 0 Å². The molecule has 0 bridgehead atoms. The number of carbonyl (C=O) groups is 3. The lowest BCUT2D eigenvalue weighted by Gasteiger charge is -2.23. The lowest BCUT2D eigenvalue weighted by molar-refractivity contribution is -0.122. The van der Waals surface area contributed by atoms with Gasteiger partial charge in [0.2, 0.25) is 5.91 Å². The summed E-state index contributed by atoms with van der Waals surface area (Å²) >= 11 is 0. The first-order valence-electron chi connectivity index (χ1n) is 8.10. The van der Waals surface area contributed by atoms with E-state index in [2.05, 4.69) is 0 Å². The van der Waals surface area contributed by atoms with Crippen LogP contribution in [-0.4, -0.2) is 31.2 Å². The number of carbonyl (C=O) groups excluding carboxylic acids is 2. The SMILES string of the molecule is CC(=O)CCC(=O)N(c1cccc(C)c1)S(=O)(=O)c1ccc(C(=O)O)cc1. The summed E-state index contributed by atoms with van der Waals surface area (Å²) in [5.74, 6) is -2.15. The molecule has 0 spiro atoms. The van der Waals surface area contributed by atoms with Crippen LogP contribution in [0.25, 0.3) is 0 Å². The van der Waals surface area contributed by atoms with Crippen molar-refractivity contribution >= 4 is 33.4 Å². The molecule has 0 aliphatic carbocycles. The molecule has 1 N–H and O–H groups in total. The zero-order valence-electron chi connectivity index (χ0n) is 14.9. The van der Waals surface area contributed by atoms with E-state index in [1.165, 1.54) is 13.0 Å². The van der Waals surface area contributed by atoms with Crippen LogP contribution in [0.1, 0.15) is 35.7 Å². The minimum atomic E-state index is -4.28. The third kappa shape index (κ3) is 4.79. The predicted octanol–water partition coefficient (Wildman–Crippen LogP) is 2.78. The van der Waals surface area contributed by atoms with E-state index >= 15 is 0 Å². The first-order chi connectivity index (χ1) is 12.6. The Balaban J connectivity index is 2.51. The van der Waals surface area contributed by atoms with Crippen molar-refractivity contribution in [3.05, 3.63) is 59.7 Å². The number of nitrogens with zero attached hydrogens (tertiary/aromatic N) is 1. The van der Waals surface area contributed by atoms with E-state index < -0.39 is 21.9 Å². The van der Waals surface area contributed by atoms with E-state index in [1.54, 1.807) is 25.1 Å². The van der Waals surface area contributed by atoms with Gasteiger partial charge < -0.3 is 9.90 Å². The number of rotatable bonds is 7. The molecule has 27 heavy (non-hydrogen) atoms. The fourth-order valence-electron chi connectivity index (χ4n) is 2.43. The maximum absolute atomic E-state index is 13.1. The van der Waals surface area contributed by atoms with Gasteiger partial charge in [0.05, 0.1) is 16.1 Å². The Hall–Kier alpha value is -3.00. The molecular formula is C19H19NO6S. The monoisotopic (exact) mass is 389 g/mol. The van der Waals surface area contributed by atoms with Crippen LogP contribution in [0.3, 0.4) is 0 Å². The Kier molecular flexibility index (Phi) is 6.12. The second-order valence-electron chi connectivity index (χ2n) is 6.03. The van der Waals surface area contributed by atoms with Crippen molar-refractivity contribution in [2.75, 3.05) is 4.31 Å². The van der Waals surface area contributed by atoms with Crippen molar-refractivity contribution in [1.29, 1.82) is 0 Å². The number of benzene rings is 2. The highest BCUT2D eigenvalue weighted by Gasteiger charge is 2.31. The number of hydrogen-bond acceptors (Lipinski definition) is 5. The molecule has 0 aliphatic rings. The van der Waals surface area contributed by atoms with Crippen LogP contribution in [0, 0.1) is 6.92 Å². The summed E-state index contributed by atoms with van der Waals surface area (Å²) in [7, 11) is -4.28. The van der Waals surface area contributed by atoms with Crippen LogP contribution in [0.15, 0.2) is 53.4 Å². The molecule has 0 saturated heterocycles. The Morgan fingerprint density at radius 2 is 1.63 bits per heavy atom. The van der Waals surface area contributed by atoms with Crippen molar-refractivity contribution in [2.45, 2.75) is 31.6 Å². The minimum absolute atomic E-state index is 0.0704. The maximum atomic E-state index is 13.1. The fourth-order valence-corrected chi connectivity index (χ4v) is 3.87. The number of hydrogen-bond donors (Lipinski definition) is 1. The van der Waals surface area contributed by atoms with Crippen LogP contribution < -0.4 is 4.31 Å². The zero-order chi connectivity index (χ0) is 20.2. The molecule has 2 aromatic rings. The van der Waals surface area contributed by atoms with Gasteiger partial charge >= 0.3 is 5.97 Å². The fraction of sp³-hybridized carbons (Fsp3) is 0.211. The quantitative estimate of drug-likeness (QED) is 0.780. The van der Waals surface area contributed by atoms with Crippen LogP contribution in [0.2, 0.25) is 0 Å². The summed E-state index contributed by atoms with van der Waals surface area (Å²) in [6, 6.07) is 11.0. The van der Waals surface area contributed by atoms with Crippen LogP contribution in [0.5, 0.6) is 0 Å². The van der Waals surface area contributed by atoms with E-state index in [-0.39, 0.29) is 34.8 Å². The number of carboxylic acids is 1. The largest absolute Gasteiger partial charge is 0.478 e. The standard InChI is InChI=1S/C19H19NO6S/c1-13-4-3-5-16(12-13)20(18(22)11-6-14(2)21)27(25,26)17-9-7-15(8-10-17)19(23)24/h3-5,7-10,12H,6,11H2,1-2H3,(H,23,24). The molecule has 7 nitrogen and oxygen atoms in total. The molecule has 0 heterocycles. The third-order valence-corrected chi connectivity index (χ3v) is 5.56. The molecule has 2 aromatic carbocycles. The highest BCUT2D eigenvalue weighted by atomic mass is 32.2. The number of aryl methyl sites for hydroxylation is 1. The highest BCUT2D eigenvalue weighted by molar-refractivity contribution is 7.93. The van der Waals surface area contributed by atoms with Gasteiger partial charge in [-0.1, -0.05) is 12.1 Å². The molecule has 1 amide bonds. The Labute approximate surface area is 157 Å². The molecule has 0 aromatic heterocycles. The molecule has 2 rings (SSSR count). The van der Waals surface area contributed by atoms with Crippen molar-refractivity contribution in [1.82, 2.24) is 0 Å². The molecule has 8 heteroatoms. The Bertz CT molecular complexity index is 980. The van der Waals surface area contributed by atoms with E-state index in [9.17, 15) is 22.8 Å². The lowest BCUT2D eigenvalue weighted by atomic mass is 10.2. The van der Waals surface area contributed by atoms with Gasteiger partial charge in [0.15, 0.2) is 0 Å². The minimum Gasteiger partial charge on any atom is -0.478 e. The number of Topliss-reactive ketones (excluding diaryl/α,β-unsaturated/α-hetero) is 1. The number of carboxylic acid groups (broad SMARTS) is 1.